The minimum atomic E-state index is -1.08. The van der Waals surface area contributed by atoms with Crippen LogP contribution in [0.3, 0.4) is 0 Å². The quantitative estimate of drug-likeness (QED) is 0.178. The molecule has 3 N–H and O–H groups in total. The number of esters is 2. The van der Waals surface area contributed by atoms with Crippen LogP contribution in [0, 0.1) is 0 Å². The van der Waals surface area contributed by atoms with Gasteiger partial charge in [-0.05, 0) is 93.3 Å². The smallest absolute Gasteiger partial charge is 0.397 e. The molecule has 0 saturated heterocycles. The van der Waals surface area contributed by atoms with Gasteiger partial charge in [0.25, 0.3) is 0 Å². The number of nitrogen functional groups attached to an aromatic ring is 1. The van der Waals surface area contributed by atoms with Gasteiger partial charge in [0, 0.05) is 11.4 Å². The third kappa shape index (κ3) is 19.6. The summed E-state index contributed by atoms with van der Waals surface area (Å²) in [5.41, 5.74) is 9.43. The fraction of sp³-hybridized carbons (Fsp3) is 0.467. The molecule has 1 amide bonds. The Bertz CT molecular complexity index is 972. The number of amides is 1. The van der Waals surface area contributed by atoms with E-state index in [0.29, 0.717) is 5.69 Å². The van der Waals surface area contributed by atoms with Gasteiger partial charge in [-0.15, -0.1) is 0 Å². The second-order valence-electron chi connectivity index (χ2n) is 7.93. The second-order valence-corrected chi connectivity index (χ2v) is 8.28. The first-order valence-electron chi connectivity index (χ1n) is 13.5. The van der Waals surface area contributed by atoms with Crippen LogP contribution in [-0.4, -0.2) is 60.8 Å². The minimum absolute atomic E-state index is 0.178. The molecule has 0 spiro atoms. The number of rotatable bonds is 9. The summed E-state index contributed by atoms with van der Waals surface area (Å²) >= 11 is 4.69. The van der Waals surface area contributed by atoms with Crippen molar-refractivity contribution in [3.05, 3.63) is 59.7 Å². The fourth-order valence-electron chi connectivity index (χ4n) is 2.81. The summed E-state index contributed by atoms with van der Waals surface area (Å²) in [6.07, 6.45) is 2.02. The summed E-state index contributed by atoms with van der Waals surface area (Å²) < 4.78 is 8.75. The van der Waals surface area contributed by atoms with E-state index in [1.54, 1.807) is 26.0 Å². The number of nitrogens with two attached hydrogens (primary N) is 1. The van der Waals surface area contributed by atoms with Crippen molar-refractivity contribution in [1.82, 2.24) is 4.90 Å². The lowest BCUT2D eigenvalue weighted by atomic mass is 10.1. The maximum absolute atomic E-state index is 11.3. The predicted octanol–water partition coefficient (Wildman–Crippen LogP) is 5.24. The number of nitrogens with zero attached hydrogens (tertiary/aromatic N) is 1. The van der Waals surface area contributed by atoms with Gasteiger partial charge in [-0.1, -0.05) is 58.9 Å². The van der Waals surface area contributed by atoms with Crippen LogP contribution in [0.15, 0.2) is 48.5 Å². The normalized spacial score (nSPS) is 9.43. The van der Waals surface area contributed by atoms with Crippen molar-refractivity contribution in [1.29, 1.82) is 0 Å². The maximum atomic E-state index is 11.3. The largest absolute Gasteiger partial charge is 0.459 e. The number of carbonyl (C=O) groups excluding carboxylic acids is 4. The third-order valence-corrected chi connectivity index (χ3v) is 5.40. The summed E-state index contributed by atoms with van der Waals surface area (Å²) in [7, 11) is 0. The molecule has 10 heteroatoms. The highest BCUT2D eigenvalue weighted by Gasteiger charge is 2.14. The molecule has 224 valence electrons. The van der Waals surface area contributed by atoms with Gasteiger partial charge in [-0.3, -0.25) is 9.59 Å². The number of carbonyl (C=O) groups is 4. The van der Waals surface area contributed by atoms with E-state index in [4.69, 9.17) is 17.3 Å². The zero-order valence-electron chi connectivity index (χ0n) is 24.9. The average molecular weight is 580 g/mol. The van der Waals surface area contributed by atoms with Crippen LogP contribution >= 0.6 is 11.6 Å². The number of ether oxygens (including phenoxy) is 2. The number of aryl methyl sites for hydroxylation is 2. The zero-order valence-corrected chi connectivity index (χ0v) is 25.7. The Hall–Kier alpha value is -3.43. The molecule has 0 unspecified atom stereocenters. The number of halogens is 1. The van der Waals surface area contributed by atoms with Gasteiger partial charge in [0.15, 0.2) is 0 Å². The summed E-state index contributed by atoms with van der Waals surface area (Å²) in [4.78, 5) is 44.5. The number of nitrogens with one attached hydrogen (secondary N) is 1. The van der Waals surface area contributed by atoms with Gasteiger partial charge in [-0.2, -0.15) is 0 Å². The number of hydrogen-bond acceptors (Lipinski definition) is 8. The summed E-state index contributed by atoms with van der Waals surface area (Å²) in [5, 5.41) is 1.39. The Labute approximate surface area is 244 Å². The predicted molar refractivity (Wildman–Crippen MR) is 162 cm³/mol. The molecule has 0 radical (unpaired) electrons. The van der Waals surface area contributed by atoms with E-state index in [1.807, 2.05) is 31.2 Å². The Balaban J connectivity index is 0. The van der Waals surface area contributed by atoms with Crippen molar-refractivity contribution in [2.45, 2.75) is 61.3 Å². The number of hydrogen-bond donors (Lipinski definition) is 2. The standard InChI is InChI=1S/C12H15NO3.C8H11N.C6H15N.C4H5ClO3/c1-3-9-5-7-10(8-6-9)13-11(14)12(15)16-4-2;1-2-7-3-5-8(9)6-4-7;1-4-7(5-2)6-3;1-2-8-4(7)3(5)6/h5-8H,3-4H2,1-2H3,(H,13,14);3-6H,2,9H2,1H3;4-6H2,1-3H3;2H2,1H3. The molecule has 0 bridgehead atoms. The van der Waals surface area contributed by atoms with Crippen LogP contribution in [0.25, 0.3) is 0 Å². The van der Waals surface area contributed by atoms with E-state index >= 15 is 0 Å². The molecule has 0 heterocycles. The highest BCUT2D eigenvalue weighted by molar-refractivity contribution is 6.80. The highest BCUT2D eigenvalue weighted by Crippen LogP contribution is 2.10. The van der Waals surface area contributed by atoms with E-state index in [9.17, 15) is 19.2 Å². The van der Waals surface area contributed by atoms with E-state index in [1.165, 1.54) is 30.8 Å². The molecule has 0 atom stereocenters. The van der Waals surface area contributed by atoms with Crippen LogP contribution in [0.1, 0.15) is 59.6 Å². The van der Waals surface area contributed by atoms with Gasteiger partial charge >= 0.3 is 23.1 Å². The summed E-state index contributed by atoms with van der Waals surface area (Å²) in [6, 6.07) is 15.3. The molecule has 0 fully saturated rings. The fourth-order valence-corrected chi connectivity index (χ4v) is 2.87. The Kier molecular flexibility index (Phi) is 23.8. The Morgan fingerprint density at radius 3 is 1.40 bits per heavy atom. The van der Waals surface area contributed by atoms with Crippen molar-refractivity contribution in [2.75, 3.05) is 43.9 Å². The van der Waals surface area contributed by atoms with Crippen LogP contribution in [0.4, 0.5) is 11.4 Å². The molecular weight excluding hydrogens is 534 g/mol. The lowest BCUT2D eigenvalue weighted by Gasteiger charge is -2.13. The molecule has 9 nitrogen and oxygen atoms in total. The third-order valence-electron chi connectivity index (χ3n) is 5.25. The Morgan fingerprint density at radius 2 is 1.10 bits per heavy atom. The molecular formula is C30H46ClN3O6. The van der Waals surface area contributed by atoms with E-state index in [0.717, 1.165) is 18.5 Å². The summed E-state index contributed by atoms with van der Waals surface area (Å²) in [6.45, 7) is 17.9. The van der Waals surface area contributed by atoms with Gasteiger partial charge in [0.1, 0.15) is 0 Å². The zero-order chi connectivity index (χ0) is 30.9. The molecule has 0 aliphatic heterocycles. The van der Waals surface area contributed by atoms with Gasteiger partial charge in [0.05, 0.1) is 13.2 Å². The van der Waals surface area contributed by atoms with Crippen LogP contribution in [0.5, 0.6) is 0 Å². The van der Waals surface area contributed by atoms with Gasteiger partial charge in [-0.25, -0.2) is 9.59 Å². The van der Waals surface area contributed by atoms with Crippen molar-refractivity contribution in [2.24, 2.45) is 0 Å². The lowest BCUT2D eigenvalue weighted by molar-refractivity contribution is -0.152. The molecule has 2 rings (SSSR count). The van der Waals surface area contributed by atoms with E-state index in [-0.39, 0.29) is 13.2 Å². The summed E-state index contributed by atoms with van der Waals surface area (Å²) in [5.74, 6) is -2.60. The second kappa shape index (κ2) is 24.6. The monoisotopic (exact) mass is 579 g/mol. The van der Waals surface area contributed by atoms with E-state index in [2.05, 4.69) is 59.5 Å². The van der Waals surface area contributed by atoms with Crippen molar-refractivity contribution < 1.29 is 28.7 Å². The number of anilines is 2. The van der Waals surface area contributed by atoms with Crippen LogP contribution in [0.2, 0.25) is 0 Å². The molecule has 0 aromatic heterocycles. The number of benzene rings is 2. The van der Waals surface area contributed by atoms with Crippen LogP contribution < -0.4 is 11.1 Å². The van der Waals surface area contributed by atoms with Crippen LogP contribution in [-0.2, 0) is 41.5 Å². The van der Waals surface area contributed by atoms with Crippen molar-refractivity contribution in [3.8, 4) is 0 Å². The first kappa shape index (κ1) is 38.7. The molecule has 0 aliphatic carbocycles. The lowest BCUT2D eigenvalue weighted by Crippen LogP contribution is -2.24. The van der Waals surface area contributed by atoms with Gasteiger partial charge in [0.2, 0.25) is 0 Å². The van der Waals surface area contributed by atoms with Crippen molar-refractivity contribution in [3.63, 3.8) is 0 Å². The molecule has 2 aromatic carbocycles. The minimum Gasteiger partial charge on any atom is -0.459 e. The molecule has 0 saturated carbocycles. The molecule has 2 aromatic rings. The molecule has 0 aliphatic rings. The van der Waals surface area contributed by atoms with Gasteiger partial charge < -0.3 is 25.4 Å². The van der Waals surface area contributed by atoms with E-state index < -0.39 is 23.1 Å². The average Bonchev–Trinajstić information content (AvgIpc) is 2.96. The molecule has 40 heavy (non-hydrogen) atoms. The van der Waals surface area contributed by atoms with Crippen molar-refractivity contribution >= 4 is 46.1 Å². The topological polar surface area (TPSA) is 128 Å². The SMILES string of the molecule is CCN(CC)CC.CCOC(=O)C(=O)Cl.CCOC(=O)C(=O)Nc1ccc(CC)cc1.CCc1ccc(N)cc1. The first-order chi connectivity index (χ1) is 19.0. The first-order valence-corrected chi connectivity index (χ1v) is 13.9. The highest BCUT2D eigenvalue weighted by atomic mass is 35.5. The Morgan fingerprint density at radius 1 is 0.700 bits per heavy atom. The maximum Gasteiger partial charge on any atom is 0.397 e.